The summed E-state index contributed by atoms with van der Waals surface area (Å²) in [4.78, 5) is 25.6. The average Bonchev–Trinajstić information content (AvgIpc) is 3.76. The first-order chi connectivity index (χ1) is 24.2. The van der Waals surface area contributed by atoms with E-state index in [1.807, 2.05) is 0 Å². The second-order valence-corrected chi connectivity index (χ2v) is 16.7. The molecule has 8 unspecified atom stereocenters. The summed E-state index contributed by atoms with van der Waals surface area (Å²) in [6.07, 6.45) is 6.39. The molecular formula is C39H54O11. The number of ketones is 1. The summed E-state index contributed by atoms with van der Waals surface area (Å²) in [6, 6.07) is 0. The second kappa shape index (κ2) is 13.4. The molecule has 10 rings (SSSR count). The third kappa shape index (κ3) is 6.00. The van der Waals surface area contributed by atoms with E-state index in [0.717, 1.165) is 62.4 Å². The van der Waals surface area contributed by atoms with Crippen molar-refractivity contribution in [2.75, 3.05) is 7.11 Å². The lowest BCUT2D eigenvalue weighted by Crippen LogP contribution is -2.61. The van der Waals surface area contributed by atoms with Crippen LogP contribution in [0.15, 0.2) is 24.3 Å². The number of methoxy groups -OCH3 is 1. The Morgan fingerprint density at radius 2 is 1.52 bits per heavy atom. The Morgan fingerprint density at radius 3 is 2.36 bits per heavy atom. The van der Waals surface area contributed by atoms with Crippen molar-refractivity contribution in [2.24, 2.45) is 11.8 Å². The molecule has 10 aliphatic heterocycles. The van der Waals surface area contributed by atoms with Gasteiger partial charge in [0, 0.05) is 51.6 Å². The largest absolute Gasteiger partial charge is 0.378 e. The molecule has 0 aromatic heterocycles. The zero-order chi connectivity index (χ0) is 34.3. The summed E-state index contributed by atoms with van der Waals surface area (Å²) in [5.74, 6) is -0.608. The summed E-state index contributed by atoms with van der Waals surface area (Å²) >= 11 is 0. The Hall–Kier alpha value is -1.54. The van der Waals surface area contributed by atoms with Crippen molar-refractivity contribution in [1.82, 2.24) is 0 Å². The van der Waals surface area contributed by atoms with Crippen molar-refractivity contribution >= 4 is 12.1 Å². The molecule has 10 saturated heterocycles. The van der Waals surface area contributed by atoms with Gasteiger partial charge in [0.05, 0.1) is 61.0 Å². The Balaban J connectivity index is 0.996. The Bertz CT molecular complexity index is 1350. The number of carbonyl (C=O) groups excluding carboxylic acids is 2. The first-order valence-electron chi connectivity index (χ1n) is 19.3. The summed E-state index contributed by atoms with van der Waals surface area (Å²) in [5, 5.41) is 0. The fraction of sp³-hybridized carbons (Fsp3) is 0.846. The van der Waals surface area contributed by atoms with Crippen molar-refractivity contribution in [2.45, 2.75) is 188 Å². The van der Waals surface area contributed by atoms with E-state index in [9.17, 15) is 9.59 Å². The quantitative estimate of drug-likeness (QED) is 0.310. The fourth-order valence-corrected chi connectivity index (χ4v) is 11.0. The van der Waals surface area contributed by atoms with Gasteiger partial charge in [-0.15, -0.1) is 0 Å². The molecule has 10 heterocycles. The van der Waals surface area contributed by atoms with Crippen LogP contribution in [0.5, 0.6) is 0 Å². The van der Waals surface area contributed by atoms with Crippen LogP contribution in [0.3, 0.4) is 0 Å². The number of hydrogen-bond donors (Lipinski definition) is 0. The number of aldehydes is 1. The average molecular weight is 699 g/mol. The third-order valence-electron chi connectivity index (χ3n) is 13.5. The number of rotatable bonds is 3. The van der Waals surface area contributed by atoms with E-state index in [-0.39, 0.29) is 122 Å². The van der Waals surface area contributed by atoms with Gasteiger partial charge in [-0.2, -0.15) is 0 Å². The zero-order valence-electron chi connectivity index (χ0n) is 29.5. The van der Waals surface area contributed by atoms with Crippen molar-refractivity contribution in [3.8, 4) is 0 Å². The monoisotopic (exact) mass is 698 g/mol. The second-order valence-electron chi connectivity index (χ2n) is 16.7. The molecule has 12 bridgehead atoms. The first kappa shape index (κ1) is 34.2. The van der Waals surface area contributed by atoms with Crippen LogP contribution in [0.25, 0.3) is 0 Å². The van der Waals surface area contributed by atoms with Crippen LogP contribution in [0.1, 0.15) is 90.4 Å². The molecule has 50 heavy (non-hydrogen) atoms. The number of ether oxygens (including phenoxy) is 9. The van der Waals surface area contributed by atoms with Gasteiger partial charge in [-0.05, 0) is 62.0 Å². The predicted molar refractivity (Wildman–Crippen MR) is 177 cm³/mol. The normalized spacial score (nSPS) is 53.2. The molecule has 11 heteroatoms. The van der Waals surface area contributed by atoms with Gasteiger partial charge in [-0.25, -0.2) is 0 Å². The molecule has 0 aromatic carbocycles. The predicted octanol–water partition coefficient (Wildman–Crippen LogP) is 4.32. The van der Waals surface area contributed by atoms with Crippen molar-refractivity contribution in [1.29, 1.82) is 0 Å². The van der Waals surface area contributed by atoms with Crippen LogP contribution in [0.4, 0.5) is 0 Å². The topological polar surface area (TPSA) is 117 Å². The molecule has 0 aliphatic carbocycles. The molecule has 10 aliphatic rings. The van der Waals surface area contributed by atoms with E-state index >= 15 is 0 Å². The van der Waals surface area contributed by atoms with Gasteiger partial charge >= 0.3 is 0 Å². The maximum Gasteiger partial charge on any atom is 0.172 e. The van der Waals surface area contributed by atoms with Gasteiger partial charge < -0.3 is 47.4 Å². The minimum atomic E-state index is -0.776. The maximum absolute atomic E-state index is 13.9. The van der Waals surface area contributed by atoms with Gasteiger partial charge in [0.15, 0.2) is 5.79 Å². The Labute approximate surface area is 295 Å². The van der Waals surface area contributed by atoms with Gasteiger partial charge in [-0.3, -0.25) is 4.79 Å². The molecule has 0 amide bonds. The lowest BCUT2D eigenvalue weighted by atomic mass is 9.81. The number of hydrogen-bond acceptors (Lipinski definition) is 11. The fourth-order valence-electron chi connectivity index (χ4n) is 11.0. The summed E-state index contributed by atoms with van der Waals surface area (Å²) in [7, 11) is 1.64. The molecule has 0 saturated carbocycles. The number of fused-ring (bicyclic) bond motifs is 6. The highest BCUT2D eigenvalue weighted by Crippen LogP contribution is 2.54. The van der Waals surface area contributed by atoms with Gasteiger partial charge in [-0.1, -0.05) is 20.1 Å². The van der Waals surface area contributed by atoms with E-state index in [0.29, 0.717) is 19.3 Å². The first-order valence-corrected chi connectivity index (χ1v) is 19.3. The van der Waals surface area contributed by atoms with E-state index in [1.165, 1.54) is 0 Å². The zero-order valence-corrected chi connectivity index (χ0v) is 29.5. The minimum absolute atomic E-state index is 0.0117. The maximum atomic E-state index is 13.9. The third-order valence-corrected chi connectivity index (χ3v) is 13.5. The molecule has 276 valence electrons. The van der Waals surface area contributed by atoms with E-state index in [1.54, 1.807) is 7.11 Å². The Morgan fingerprint density at radius 1 is 0.760 bits per heavy atom. The SMILES string of the molecule is C=C1C[C@@H]2CC[C@@]34CC5O[C@H]6C(O3)[C@H]3O[C@H](CCC3O[C@H]6C5O4)CC(=O)CC3C(C[C@H]4O[C@@H](CC[C@@H]1O2)CC(C)C4=C)OC(CC=O)[C@@H]3OC. The van der Waals surface area contributed by atoms with Gasteiger partial charge in [0.2, 0.25) is 0 Å². The smallest absolute Gasteiger partial charge is 0.172 e. The molecule has 18 atom stereocenters. The molecule has 11 nitrogen and oxygen atoms in total. The Kier molecular flexibility index (Phi) is 9.17. The molecule has 0 N–H and O–H groups in total. The van der Waals surface area contributed by atoms with E-state index in [2.05, 4.69) is 20.1 Å². The molecule has 0 aromatic rings. The van der Waals surface area contributed by atoms with E-state index in [4.69, 9.17) is 42.6 Å². The van der Waals surface area contributed by atoms with Crippen molar-refractivity contribution in [3.63, 3.8) is 0 Å². The lowest BCUT2D eigenvalue weighted by molar-refractivity contribution is -0.292. The molecular weight excluding hydrogens is 644 g/mol. The van der Waals surface area contributed by atoms with Crippen LogP contribution in [-0.4, -0.2) is 117 Å². The van der Waals surface area contributed by atoms with Crippen LogP contribution in [0, 0.1) is 11.8 Å². The highest BCUT2D eigenvalue weighted by molar-refractivity contribution is 5.79. The molecule has 10 fully saturated rings. The van der Waals surface area contributed by atoms with Gasteiger partial charge in [0.1, 0.15) is 42.6 Å². The highest BCUT2D eigenvalue weighted by atomic mass is 16.8. The van der Waals surface area contributed by atoms with Gasteiger partial charge in [0.25, 0.3) is 0 Å². The van der Waals surface area contributed by atoms with Crippen molar-refractivity contribution < 1.29 is 52.2 Å². The number of carbonyl (C=O) groups is 2. The van der Waals surface area contributed by atoms with Crippen LogP contribution < -0.4 is 0 Å². The molecule has 0 radical (unpaired) electrons. The minimum Gasteiger partial charge on any atom is -0.378 e. The highest BCUT2D eigenvalue weighted by Gasteiger charge is 2.68. The van der Waals surface area contributed by atoms with Crippen molar-refractivity contribution in [3.05, 3.63) is 24.3 Å². The number of Topliss-reactive ketones (excluding diaryl/α,β-unsaturated/α-hetero) is 1. The molecule has 1 spiro atoms. The van der Waals surface area contributed by atoms with Crippen LogP contribution in [-0.2, 0) is 52.2 Å². The summed E-state index contributed by atoms with van der Waals surface area (Å²) < 4.78 is 59.6. The van der Waals surface area contributed by atoms with Crippen LogP contribution in [0.2, 0.25) is 0 Å². The standard InChI is InChI=1S/C39H54O11/c1-19-13-23-5-7-27-20(2)14-25(43-27)9-11-39-18-32-35(49-39)36-37(48-32)38(50-39)34-28(47-36)8-6-24(45-34)15-22(41)16-26-31(17-30(44-23)21(19)3)46-29(10-12-40)33(26)42-4/h12,19,23-38H,2-3,5-11,13-18H2,1,4H3/t19?,23-,24+,25-,26?,27-,28?,29?,30+,31?,32?,33+,34-,35?,36-,37+,38?,39-/m0/s1. The van der Waals surface area contributed by atoms with E-state index < -0.39 is 11.9 Å². The lowest BCUT2D eigenvalue weighted by Gasteiger charge is -2.47. The summed E-state index contributed by atoms with van der Waals surface area (Å²) in [6.45, 7) is 11.1. The van der Waals surface area contributed by atoms with Crippen LogP contribution >= 0.6 is 0 Å². The summed E-state index contributed by atoms with van der Waals surface area (Å²) in [5.41, 5.74) is 2.20.